The van der Waals surface area contributed by atoms with Crippen molar-refractivity contribution in [3.05, 3.63) is 77.0 Å². The fraction of sp³-hybridized carbons (Fsp3) is 0.353. The monoisotopic (exact) mass is 502 g/mol. The lowest BCUT2D eigenvalue weighted by Gasteiger charge is -2.42. The number of aromatic nitrogens is 1. The molecule has 1 aliphatic carbocycles. The first-order valence-corrected chi connectivity index (χ1v) is 14.1. The second kappa shape index (κ2) is 7.89. The fourth-order valence-corrected chi connectivity index (χ4v) is 7.89. The maximum absolute atomic E-state index is 10.3. The number of hydrogen-bond acceptors (Lipinski definition) is 3. The van der Waals surface area contributed by atoms with Gasteiger partial charge in [0.2, 0.25) is 0 Å². The van der Waals surface area contributed by atoms with Crippen LogP contribution in [0.5, 0.6) is 0 Å². The van der Waals surface area contributed by atoms with Gasteiger partial charge in [-0.25, -0.2) is 0 Å². The molecule has 0 unspecified atom stereocenters. The molecule has 2 nitrogen and oxygen atoms in total. The second-order valence-corrected chi connectivity index (χ2v) is 14.1. The van der Waals surface area contributed by atoms with Crippen molar-refractivity contribution in [2.75, 3.05) is 0 Å². The Hall–Kier alpha value is -3.22. The van der Waals surface area contributed by atoms with E-state index < -0.39 is 0 Å². The average molecular weight is 503 g/mol. The van der Waals surface area contributed by atoms with Gasteiger partial charge in [0, 0.05) is 27.2 Å². The number of fused-ring (bicyclic) bond motifs is 6. The topological polar surface area (TPSA) is 36.7 Å². The first-order chi connectivity index (χ1) is 17.4. The molecule has 0 radical (unpaired) electrons. The summed E-state index contributed by atoms with van der Waals surface area (Å²) >= 11 is 1.84. The van der Waals surface area contributed by atoms with E-state index in [0.29, 0.717) is 0 Å². The number of rotatable bonds is 1. The highest BCUT2D eigenvalue weighted by Gasteiger charge is 2.39. The molecule has 1 aliphatic rings. The molecule has 0 saturated carbocycles. The van der Waals surface area contributed by atoms with Gasteiger partial charge >= 0.3 is 0 Å². The molecule has 2 aromatic heterocycles. The van der Waals surface area contributed by atoms with Crippen LogP contribution in [0, 0.1) is 11.3 Å². The number of nitriles is 1. The van der Waals surface area contributed by atoms with E-state index in [1.54, 1.807) is 0 Å². The van der Waals surface area contributed by atoms with Crippen molar-refractivity contribution < 1.29 is 0 Å². The van der Waals surface area contributed by atoms with E-state index in [1.165, 1.54) is 36.9 Å². The van der Waals surface area contributed by atoms with Crippen LogP contribution in [0.2, 0.25) is 0 Å². The molecular weight excluding hydrogens is 468 g/mol. The summed E-state index contributed by atoms with van der Waals surface area (Å²) in [7, 11) is 0. The van der Waals surface area contributed by atoms with Gasteiger partial charge in [-0.15, -0.1) is 11.3 Å². The highest BCUT2D eigenvalue weighted by atomic mass is 32.1. The Bertz CT molecular complexity index is 1770. The number of pyridine rings is 1. The van der Waals surface area contributed by atoms with Crippen molar-refractivity contribution in [2.24, 2.45) is 0 Å². The van der Waals surface area contributed by atoms with Crippen molar-refractivity contribution >= 4 is 42.3 Å². The van der Waals surface area contributed by atoms with Crippen LogP contribution in [0.25, 0.3) is 42.2 Å². The van der Waals surface area contributed by atoms with Gasteiger partial charge in [0.1, 0.15) is 0 Å². The Labute approximate surface area is 224 Å². The molecule has 0 N–H and O–H groups in total. The minimum Gasteiger partial charge on any atom is -0.255 e. The summed E-state index contributed by atoms with van der Waals surface area (Å²) in [5.41, 5.74) is 7.18. The number of hydrogen-bond donors (Lipinski definition) is 0. The van der Waals surface area contributed by atoms with E-state index >= 15 is 0 Å². The standard InChI is InChI=1S/C34H34N2S/c1-32(2,3)25-17-21(16-20-10-8-9-11-23(20)25)29-30-24(12-15-36-29)27-22(19-35)18-26-28(31(27)37-30)34(6,7)14-13-33(26,4)5/h8-12,15-18H,13-14H2,1-7H3. The Morgan fingerprint density at radius 2 is 1.62 bits per heavy atom. The molecule has 0 aliphatic heterocycles. The minimum absolute atomic E-state index is 0.00628. The fourth-order valence-electron chi connectivity index (χ4n) is 6.33. The van der Waals surface area contributed by atoms with Crippen molar-refractivity contribution in [1.82, 2.24) is 4.98 Å². The Morgan fingerprint density at radius 1 is 0.892 bits per heavy atom. The molecule has 2 heterocycles. The van der Waals surface area contributed by atoms with Crippen LogP contribution in [-0.2, 0) is 16.2 Å². The van der Waals surface area contributed by atoms with Crippen LogP contribution in [0.3, 0.4) is 0 Å². The molecule has 5 aromatic rings. The lowest BCUT2D eigenvalue weighted by Crippen LogP contribution is -2.34. The van der Waals surface area contributed by atoms with Crippen molar-refractivity contribution in [3.8, 4) is 17.3 Å². The Kier molecular flexibility index (Phi) is 5.15. The minimum atomic E-state index is 0.00628. The summed E-state index contributed by atoms with van der Waals surface area (Å²) in [5, 5.41) is 15.1. The highest BCUT2D eigenvalue weighted by Crippen LogP contribution is 2.53. The Balaban J connectivity index is 1.74. The lowest BCUT2D eigenvalue weighted by atomic mass is 9.62. The van der Waals surface area contributed by atoms with Gasteiger partial charge in [-0.1, -0.05) is 72.7 Å². The zero-order valence-corrected chi connectivity index (χ0v) is 23.7. The summed E-state index contributed by atoms with van der Waals surface area (Å²) in [5.74, 6) is 0. The molecule has 0 amide bonds. The SMILES string of the molecule is CC(C)(C)c1cc(-c2nccc3c2sc2c4c(cc(C#N)c23)C(C)(C)CCC4(C)C)cc2ccccc12. The molecule has 0 bridgehead atoms. The zero-order chi connectivity index (χ0) is 26.3. The molecule has 0 saturated heterocycles. The van der Waals surface area contributed by atoms with E-state index in [2.05, 4.69) is 103 Å². The predicted molar refractivity (Wildman–Crippen MR) is 159 cm³/mol. The maximum atomic E-state index is 10.3. The molecule has 0 atom stereocenters. The molecular formula is C34H34N2S. The van der Waals surface area contributed by atoms with Gasteiger partial charge in [0.05, 0.1) is 22.0 Å². The van der Waals surface area contributed by atoms with Crippen LogP contribution in [0.4, 0.5) is 0 Å². The van der Waals surface area contributed by atoms with Crippen molar-refractivity contribution in [2.45, 2.75) is 77.6 Å². The van der Waals surface area contributed by atoms with E-state index in [4.69, 9.17) is 4.98 Å². The zero-order valence-electron chi connectivity index (χ0n) is 22.9. The quantitative estimate of drug-likeness (QED) is 0.229. The summed E-state index contributed by atoms with van der Waals surface area (Å²) in [6.07, 6.45) is 4.20. The summed E-state index contributed by atoms with van der Waals surface area (Å²) in [4.78, 5) is 4.96. The molecule has 186 valence electrons. The smallest absolute Gasteiger partial charge is 0.0998 e. The van der Waals surface area contributed by atoms with E-state index in [0.717, 1.165) is 40.4 Å². The van der Waals surface area contributed by atoms with Crippen LogP contribution in [-0.4, -0.2) is 4.98 Å². The second-order valence-electron chi connectivity index (χ2n) is 13.1. The lowest BCUT2D eigenvalue weighted by molar-refractivity contribution is 0.335. The van der Waals surface area contributed by atoms with Gasteiger partial charge in [0.25, 0.3) is 0 Å². The molecule has 6 rings (SSSR count). The molecule has 0 fully saturated rings. The van der Waals surface area contributed by atoms with E-state index in [9.17, 15) is 5.26 Å². The first kappa shape index (κ1) is 24.1. The third-order valence-corrected chi connectivity index (χ3v) is 9.73. The van der Waals surface area contributed by atoms with Gasteiger partial charge in [-0.2, -0.15) is 5.26 Å². The van der Waals surface area contributed by atoms with Crippen LogP contribution in [0.15, 0.2) is 54.7 Å². The van der Waals surface area contributed by atoms with Crippen LogP contribution in [0.1, 0.15) is 83.6 Å². The number of benzene rings is 3. The third-order valence-electron chi connectivity index (χ3n) is 8.50. The first-order valence-electron chi connectivity index (χ1n) is 13.3. The largest absolute Gasteiger partial charge is 0.255 e. The number of thiophene rings is 1. The van der Waals surface area contributed by atoms with E-state index in [-0.39, 0.29) is 16.2 Å². The molecule has 0 spiro atoms. The molecule has 3 aromatic carbocycles. The van der Waals surface area contributed by atoms with Crippen LogP contribution < -0.4 is 0 Å². The van der Waals surface area contributed by atoms with Crippen LogP contribution >= 0.6 is 11.3 Å². The molecule has 3 heteroatoms. The van der Waals surface area contributed by atoms with Gasteiger partial charge in [-0.3, -0.25) is 4.98 Å². The summed E-state index contributed by atoms with van der Waals surface area (Å²) < 4.78 is 2.45. The van der Waals surface area contributed by atoms with Gasteiger partial charge in [-0.05, 0) is 80.8 Å². The predicted octanol–water partition coefficient (Wildman–Crippen LogP) is 9.79. The Morgan fingerprint density at radius 3 is 2.35 bits per heavy atom. The van der Waals surface area contributed by atoms with E-state index in [1.807, 2.05) is 17.5 Å². The van der Waals surface area contributed by atoms with Crippen molar-refractivity contribution in [3.63, 3.8) is 0 Å². The maximum Gasteiger partial charge on any atom is 0.0998 e. The average Bonchev–Trinajstić information content (AvgIpc) is 3.24. The highest BCUT2D eigenvalue weighted by molar-refractivity contribution is 7.26. The summed E-state index contributed by atoms with van der Waals surface area (Å²) in [6, 6.07) is 20.1. The van der Waals surface area contributed by atoms with Gasteiger partial charge in [0.15, 0.2) is 0 Å². The van der Waals surface area contributed by atoms with Crippen molar-refractivity contribution in [1.29, 1.82) is 5.26 Å². The molecule has 37 heavy (non-hydrogen) atoms. The van der Waals surface area contributed by atoms with Gasteiger partial charge < -0.3 is 0 Å². The normalized spacial score (nSPS) is 16.7. The number of nitrogens with zero attached hydrogens (tertiary/aromatic N) is 2. The third kappa shape index (κ3) is 3.61. The summed E-state index contributed by atoms with van der Waals surface area (Å²) in [6.45, 7) is 16.2.